The minimum Gasteiger partial charge on any atom is -0.334 e. The van der Waals surface area contributed by atoms with Gasteiger partial charge in [0.05, 0.1) is 23.4 Å². The highest BCUT2D eigenvalue weighted by Gasteiger charge is 2.46. The Bertz CT molecular complexity index is 1590. The Morgan fingerprint density at radius 1 is 1.00 bits per heavy atom. The number of anilines is 1. The number of urea groups is 1. The van der Waals surface area contributed by atoms with Crippen LogP contribution in [0.15, 0.2) is 73.3 Å². The number of fused-ring (bicyclic) bond motifs is 2. The van der Waals surface area contributed by atoms with Gasteiger partial charge in [0.2, 0.25) is 5.91 Å². The van der Waals surface area contributed by atoms with Gasteiger partial charge in [-0.05, 0) is 48.4 Å². The molecule has 2 aliphatic rings. The molecule has 1 aliphatic carbocycles. The number of imide groups is 1. The monoisotopic (exact) mass is 507 g/mol. The lowest BCUT2D eigenvalue weighted by atomic mass is 9.72. The Kier molecular flexibility index (Phi) is 5.82. The summed E-state index contributed by atoms with van der Waals surface area (Å²) in [6, 6.07) is 16.5. The molecule has 3 amide bonds. The van der Waals surface area contributed by atoms with Gasteiger partial charge in [0.15, 0.2) is 0 Å². The van der Waals surface area contributed by atoms with E-state index in [-0.39, 0.29) is 23.8 Å². The molecule has 3 unspecified atom stereocenters. The molecule has 37 heavy (non-hydrogen) atoms. The van der Waals surface area contributed by atoms with Gasteiger partial charge in [-0.1, -0.05) is 48.0 Å². The van der Waals surface area contributed by atoms with Gasteiger partial charge < -0.3 is 5.32 Å². The number of benzene rings is 2. The lowest BCUT2D eigenvalue weighted by Gasteiger charge is -2.43. The SMILES string of the molecule is N#Cc1cncc(-c2cccc(Cl)c2C2CCC3C(=O)N(c4cncc5ccccc45)C(=O)NC3C2)c1. The number of carbonyl (C=O) groups excluding carboxylic acids is 2. The van der Waals surface area contributed by atoms with Crippen LogP contribution in [0.5, 0.6) is 0 Å². The number of pyridine rings is 2. The van der Waals surface area contributed by atoms with E-state index in [0.717, 1.165) is 33.9 Å². The van der Waals surface area contributed by atoms with Crippen molar-refractivity contribution in [2.75, 3.05) is 4.90 Å². The topological polar surface area (TPSA) is 99.0 Å². The molecule has 1 saturated heterocycles. The van der Waals surface area contributed by atoms with Gasteiger partial charge in [-0.2, -0.15) is 5.26 Å². The third-order valence-electron chi connectivity index (χ3n) is 7.43. The highest BCUT2D eigenvalue weighted by molar-refractivity contribution is 6.32. The average Bonchev–Trinajstić information content (AvgIpc) is 2.93. The molecule has 1 aliphatic heterocycles. The number of rotatable bonds is 3. The van der Waals surface area contributed by atoms with Crippen molar-refractivity contribution >= 4 is 40.0 Å². The third-order valence-corrected chi connectivity index (χ3v) is 7.76. The van der Waals surface area contributed by atoms with Crippen molar-refractivity contribution in [3.8, 4) is 17.2 Å². The van der Waals surface area contributed by atoms with Gasteiger partial charge in [-0.25, -0.2) is 9.69 Å². The van der Waals surface area contributed by atoms with Crippen LogP contribution in [-0.4, -0.2) is 27.9 Å². The summed E-state index contributed by atoms with van der Waals surface area (Å²) >= 11 is 6.72. The minimum absolute atomic E-state index is 0.0366. The van der Waals surface area contributed by atoms with Crippen LogP contribution in [0.4, 0.5) is 10.5 Å². The largest absolute Gasteiger partial charge is 0.334 e. The summed E-state index contributed by atoms with van der Waals surface area (Å²) in [6.45, 7) is 0. The maximum atomic E-state index is 13.7. The van der Waals surface area contributed by atoms with Gasteiger partial charge in [0, 0.05) is 46.0 Å². The van der Waals surface area contributed by atoms with Gasteiger partial charge >= 0.3 is 6.03 Å². The molecule has 3 heterocycles. The van der Waals surface area contributed by atoms with Crippen molar-refractivity contribution in [1.82, 2.24) is 15.3 Å². The van der Waals surface area contributed by atoms with Crippen molar-refractivity contribution in [2.45, 2.75) is 31.2 Å². The Morgan fingerprint density at radius 2 is 1.84 bits per heavy atom. The summed E-state index contributed by atoms with van der Waals surface area (Å²) in [7, 11) is 0. The van der Waals surface area contributed by atoms with Gasteiger partial charge in [-0.15, -0.1) is 0 Å². The summed E-state index contributed by atoms with van der Waals surface area (Å²) in [5.74, 6) is -0.493. The third kappa shape index (κ3) is 4.00. The second-order valence-corrected chi connectivity index (χ2v) is 9.91. The van der Waals surface area contributed by atoms with E-state index in [1.54, 1.807) is 24.7 Å². The van der Waals surface area contributed by atoms with Crippen LogP contribution in [0, 0.1) is 17.2 Å². The number of hydrogen-bond donors (Lipinski definition) is 1. The van der Waals surface area contributed by atoms with Gasteiger partial charge in [0.1, 0.15) is 6.07 Å². The lowest BCUT2D eigenvalue weighted by Crippen LogP contribution is -2.61. The average molecular weight is 508 g/mol. The maximum absolute atomic E-state index is 13.7. The Labute approximate surface area is 218 Å². The molecule has 0 bridgehead atoms. The zero-order valence-corrected chi connectivity index (χ0v) is 20.5. The number of nitrogens with zero attached hydrogens (tertiary/aromatic N) is 4. The summed E-state index contributed by atoms with van der Waals surface area (Å²) in [5, 5.41) is 14.7. The van der Waals surface area contributed by atoms with Gasteiger partial charge in [-0.3, -0.25) is 14.8 Å². The van der Waals surface area contributed by atoms with Crippen LogP contribution in [-0.2, 0) is 4.79 Å². The van der Waals surface area contributed by atoms with Crippen LogP contribution in [0.1, 0.15) is 36.3 Å². The number of carbonyl (C=O) groups is 2. The molecule has 0 radical (unpaired) electrons. The van der Waals surface area contributed by atoms with Gasteiger partial charge in [0.25, 0.3) is 0 Å². The molecule has 182 valence electrons. The first-order chi connectivity index (χ1) is 18.0. The zero-order chi connectivity index (χ0) is 25.5. The first-order valence-corrected chi connectivity index (χ1v) is 12.5. The molecule has 4 aromatic rings. The quantitative estimate of drug-likeness (QED) is 0.376. The van der Waals surface area contributed by atoms with Crippen LogP contribution in [0.25, 0.3) is 21.9 Å². The summed E-state index contributed by atoms with van der Waals surface area (Å²) in [6.07, 6.45) is 8.50. The summed E-state index contributed by atoms with van der Waals surface area (Å²) in [4.78, 5) is 36.7. The van der Waals surface area contributed by atoms with E-state index >= 15 is 0 Å². The molecule has 0 spiro atoms. The Balaban J connectivity index is 1.31. The molecule has 7 nitrogen and oxygen atoms in total. The minimum atomic E-state index is -0.435. The van der Waals surface area contributed by atoms with Crippen LogP contribution in [0.3, 0.4) is 0 Å². The Hall–Kier alpha value is -4.28. The fraction of sp³-hybridized carbons (Fsp3) is 0.207. The smallest absolute Gasteiger partial charge is 0.329 e. The predicted octanol–water partition coefficient (Wildman–Crippen LogP) is 5.83. The van der Waals surface area contributed by atoms with Crippen LogP contribution >= 0.6 is 11.6 Å². The maximum Gasteiger partial charge on any atom is 0.329 e. The standard InChI is InChI=1S/C29H22ClN5O2/c30-24-7-3-6-22(20-10-17(12-31)13-32-15-20)27(24)18-8-9-23-25(11-18)34-29(37)35(28(23)36)26-16-33-14-19-4-1-2-5-21(19)26/h1-7,10,13-16,18,23,25H,8-9,11H2,(H,34,37). The van der Waals surface area contributed by atoms with E-state index in [2.05, 4.69) is 21.4 Å². The number of nitrogens with one attached hydrogen (secondary N) is 1. The van der Waals surface area contributed by atoms with Crippen molar-refractivity contribution in [2.24, 2.45) is 5.92 Å². The highest BCUT2D eigenvalue weighted by atomic mass is 35.5. The summed E-state index contributed by atoms with van der Waals surface area (Å²) in [5.41, 5.74) is 3.66. The summed E-state index contributed by atoms with van der Waals surface area (Å²) < 4.78 is 0. The second-order valence-electron chi connectivity index (χ2n) is 9.50. The van der Waals surface area contributed by atoms with E-state index in [0.29, 0.717) is 29.1 Å². The highest BCUT2D eigenvalue weighted by Crippen LogP contribution is 2.45. The molecule has 1 saturated carbocycles. The fourth-order valence-corrected chi connectivity index (χ4v) is 6.06. The van der Waals surface area contributed by atoms with E-state index in [9.17, 15) is 14.9 Å². The molecule has 1 N–H and O–H groups in total. The molecular weight excluding hydrogens is 486 g/mol. The zero-order valence-electron chi connectivity index (χ0n) is 19.8. The van der Waals surface area contributed by atoms with E-state index in [1.807, 2.05) is 42.5 Å². The molecule has 8 heteroatoms. The molecule has 3 atom stereocenters. The normalized spacial score (nSPS) is 21.3. The second kappa shape index (κ2) is 9.30. The first-order valence-electron chi connectivity index (χ1n) is 12.2. The lowest BCUT2D eigenvalue weighted by molar-refractivity contribution is -0.124. The molecule has 2 aromatic heterocycles. The molecule has 2 fully saturated rings. The van der Waals surface area contributed by atoms with Crippen molar-refractivity contribution in [1.29, 1.82) is 5.26 Å². The fourth-order valence-electron chi connectivity index (χ4n) is 5.74. The van der Waals surface area contributed by atoms with E-state index < -0.39 is 6.03 Å². The van der Waals surface area contributed by atoms with E-state index in [1.165, 1.54) is 11.1 Å². The first kappa shape index (κ1) is 23.1. The van der Waals surface area contributed by atoms with Crippen molar-refractivity contribution < 1.29 is 9.59 Å². The molecule has 6 rings (SSSR count). The number of nitriles is 1. The number of halogens is 1. The van der Waals surface area contributed by atoms with Crippen LogP contribution in [0.2, 0.25) is 5.02 Å². The number of amides is 3. The van der Waals surface area contributed by atoms with Crippen molar-refractivity contribution in [3.63, 3.8) is 0 Å². The van der Waals surface area contributed by atoms with Crippen LogP contribution < -0.4 is 10.2 Å². The Morgan fingerprint density at radius 3 is 2.70 bits per heavy atom. The van der Waals surface area contributed by atoms with E-state index in [4.69, 9.17) is 11.6 Å². The van der Waals surface area contributed by atoms with Crippen molar-refractivity contribution in [3.05, 3.63) is 89.5 Å². The number of hydrogen-bond acceptors (Lipinski definition) is 5. The predicted molar refractivity (Wildman–Crippen MR) is 141 cm³/mol. The number of aromatic nitrogens is 2. The molecule has 2 aromatic carbocycles. The molecular formula is C29H22ClN5O2.